The molecule has 1 N–H and O–H groups in total. The highest BCUT2D eigenvalue weighted by atomic mass is 35.5. The molecule has 0 aromatic heterocycles. The summed E-state index contributed by atoms with van der Waals surface area (Å²) in [5.74, 6) is 0.148. The highest BCUT2D eigenvalue weighted by Crippen LogP contribution is 2.21. The van der Waals surface area contributed by atoms with Crippen molar-refractivity contribution in [1.29, 1.82) is 0 Å². The van der Waals surface area contributed by atoms with Crippen molar-refractivity contribution in [2.45, 2.75) is 59.7 Å². The first-order valence-corrected chi connectivity index (χ1v) is 10.4. The van der Waals surface area contributed by atoms with E-state index in [9.17, 15) is 9.59 Å². The van der Waals surface area contributed by atoms with Gasteiger partial charge in [-0.25, -0.2) is 0 Å². The smallest absolute Gasteiger partial charge is 0.261 e. The van der Waals surface area contributed by atoms with E-state index >= 15 is 0 Å². The fraction of sp³-hybridized carbons (Fsp3) is 0.417. The van der Waals surface area contributed by atoms with E-state index in [1.807, 2.05) is 71.0 Å². The lowest BCUT2D eigenvalue weighted by molar-refractivity contribution is -0.142. The summed E-state index contributed by atoms with van der Waals surface area (Å²) in [4.78, 5) is 27.4. The largest absolute Gasteiger partial charge is 0.483 e. The summed E-state index contributed by atoms with van der Waals surface area (Å²) < 4.78 is 5.80. The molecule has 2 aromatic rings. The van der Waals surface area contributed by atoms with Gasteiger partial charge in [0.15, 0.2) is 6.61 Å². The first-order valence-electron chi connectivity index (χ1n) is 10.0. The van der Waals surface area contributed by atoms with Crippen molar-refractivity contribution in [1.82, 2.24) is 10.2 Å². The molecule has 0 heterocycles. The molecular formula is C24H31ClN2O3. The first kappa shape index (κ1) is 23.7. The molecule has 0 unspecified atom stereocenters. The van der Waals surface area contributed by atoms with E-state index in [0.717, 1.165) is 16.7 Å². The third kappa shape index (κ3) is 6.77. The van der Waals surface area contributed by atoms with Gasteiger partial charge in [0.2, 0.25) is 5.91 Å². The van der Waals surface area contributed by atoms with Crippen molar-refractivity contribution < 1.29 is 14.3 Å². The molecule has 0 aliphatic heterocycles. The Morgan fingerprint density at radius 2 is 1.80 bits per heavy atom. The monoisotopic (exact) mass is 430 g/mol. The van der Waals surface area contributed by atoms with Crippen molar-refractivity contribution in [2.24, 2.45) is 0 Å². The molecule has 2 amide bonds. The fourth-order valence-electron chi connectivity index (χ4n) is 2.95. The number of carbonyl (C=O) groups is 2. The van der Waals surface area contributed by atoms with Crippen LogP contribution >= 0.6 is 11.6 Å². The van der Waals surface area contributed by atoms with Gasteiger partial charge in [0.1, 0.15) is 11.8 Å². The Labute approximate surface area is 184 Å². The number of hydrogen-bond acceptors (Lipinski definition) is 3. The van der Waals surface area contributed by atoms with Crippen LogP contribution in [-0.2, 0) is 16.1 Å². The maximum absolute atomic E-state index is 13.1. The van der Waals surface area contributed by atoms with Crippen molar-refractivity contribution in [3.8, 4) is 5.75 Å². The zero-order chi connectivity index (χ0) is 22.5. The Morgan fingerprint density at radius 3 is 2.43 bits per heavy atom. The van der Waals surface area contributed by atoms with E-state index in [4.69, 9.17) is 16.3 Å². The molecule has 2 aromatic carbocycles. The number of amides is 2. The van der Waals surface area contributed by atoms with E-state index in [2.05, 4.69) is 5.32 Å². The average molecular weight is 431 g/mol. The Bertz CT molecular complexity index is 906. The Balaban J connectivity index is 2.22. The second-order valence-corrected chi connectivity index (χ2v) is 8.99. The van der Waals surface area contributed by atoms with E-state index in [-0.39, 0.29) is 25.0 Å². The second kappa shape index (κ2) is 9.98. The molecule has 0 fully saturated rings. The lowest BCUT2D eigenvalue weighted by atomic mass is 10.1. The van der Waals surface area contributed by atoms with Gasteiger partial charge in [-0.05, 0) is 70.4 Å². The van der Waals surface area contributed by atoms with Gasteiger partial charge >= 0.3 is 0 Å². The predicted molar refractivity (Wildman–Crippen MR) is 121 cm³/mol. The first-order chi connectivity index (χ1) is 14.0. The predicted octanol–water partition coefficient (Wildman–Crippen LogP) is 4.67. The van der Waals surface area contributed by atoms with Gasteiger partial charge in [-0.1, -0.05) is 41.9 Å². The molecule has 0 saturated carbocycles. The Morgan fingerprint density at radius 1 is 1.13 bits per heavy atom. The molecule has 5 nitrogen and oxygen atoms in total. The summed E-state index contributed by atoms with van der Waals surface area (Å²) in [5, 5.41) is 3.49. The quantitative estimate of drug-likeness (QED) is 0.694. The zero-order valence-electron chi connectivity index (χ0n) is 18.6. The van der Waals surface area contributed by atoms with Crippen LogP contribution in [0.4, 0.5) is 0 Å². The summed E-state index contributed by atoms with van der Waals surface area (Å²) >= 11 is 6.31. The number of halogens is 1. The third-order valence-electron chi connectivity index (χ3n) is 4.66. The lowest BCUT2D eigenvalue weighted by Crippen LogP contribution is -2.53. The topological polar surface area (TPSA) is 58.6 Å². The van der Waals surface area contributed by atoms with Crippen molar-refractivity contribution >= 4 is 23.4 Å². The van der Waals surface area contributed by atoms with Crippen LogP contribution in [0.5, 0.6) is 5.75 Å². The normalized spacial score (nSPS) is 12.2. The van der Waals surface area contributed by atoms with Crippen LogP contribution in [0.3, 0.4) is 0 Å². The van der Waals surface area contributed by atoms with E-state index < -0.39 is 11.6 Å². The summed E-state index contributed by atoms with van der Waals surface area (Å²) in [7, 11) is 0. The molecule has 0 spiro atoms. The lowest BCUT2D eigenvalue weighted by Gasteiger charge is -2.31. The number of hydrogen-bond donors (Lipinski definition) is 1. The van der Waals surface area contributed by atoms with Gasteiger partial charge in [-0.3, -0.25) is 9.59 Å². The molecule has 1 atom stereocenters. The maximum atomic E-state index is 13.1. The van der Waals surface area contributed by atoms with Crippen LogP contribution in [0.1, 0.15) is 44.4 Å². The van der Waals surface area contributed by atoms with Crippen LogP contribution < -0.4 is 10.1 Å². The SMILES string of the molecule is Cc1ccc(C)c(OCC(=O)N(Cc2ccccc2Cl)[C@@H](C)C(=O)NC(C)(C)C)c1. The average Bonchev–Trinajstić information content (AvgIpc) is 2.66. The number of ether oxygens (including phenoxy) is 1. The van der Waals surface area contributed by atoms with E-state index in [1.165, 1.54) is 4.90 Å². The minimum absolute atomic E-state index is 0.165. The minimum atomic E-state index is -0.685. The number of carbonyl (C=O) groups excluding carboxylic acids is 2. The number of nitrogens with zero attached hydrogens (tertiary/aromatic N) is 1. The summed E-state index contributed by atoms with van der Waals surface area (Å²) in [5.41, 5.74) is 2.37. The van der Waals surface area contributed by atoms with Gasteiger partial charge < -0.3 is 15.0 Å². The Kier molecular flexibility index (Phi) is 7.90. The molecule has 162 valence electrons. The zero-order valence-corrected chi connectivity index (χ0v) is 19.3. The second-order valence-electron chi connectivity index (χ2n) is 8.59. The molecule has 30 heavy (non-hydrogen) atoms. The van der Waals surface area contributed by atoms with Crippen LogP contribution in [0.25, 0.3) is 0 Å². The van der Waals surface area contributed by atoms with Crippen LogP contribution in [0, 0.1) is 13.8 Å². The minimum Gasteiger partial charge on any atom is -0.483 e. The number of rotatable bonds is 7. The van der Waals surface area contributed by atoms with Gasteiger partial charge in [0.05, 0.1) is 0 Å². The van der Waals surface area contributed by atoms with Gasteiger partial charge in [0.25, 0.3) is 5.91 Å². The van der Waals surface area contributed by atoms with E-state index in [1.54, 1.807) is 13.0 Å². The molecule has 0 aliphatic rings. The molecular weight excluding hydrogens is 400 g/mol. The van der Waals surface area contributed by atoms with Crippen molar-refractivity contribution in [3.63, 3.8) is 0 Å². The van der Waals surface area contributed by atoms with Crippen molar-refractivity contribution in [2.75, 3.05) is 6.61 Å². The van der Waals surface area contributed by atoms with Gasteiger partial charge in [-0.2, -0.15) is 0 Å². The number of benzene rings is 2. The molecule has 0 bridgehead atoms. The fourth-order valence-corrected chi connectivity index (χ4v) is 3.15. The molecule has 2 rings (SSSR count). The summed E-state index contributed by atoms with van der Waals surface area (Å²) in [6.07, 6.45) is 0. The summed E-state index contributed by atoms with van der Waals surface area (Å²) in [6.45, 7) is 11.4. The third-order valence-corrected chi connectivity index (χ3v) is 5.03. The number of aryl methyl sites for hydroxylation is 2. The maximum Gasteiger partial charge on any atom is 0.261 e. The van der Waals surface area contributed by atoms with Crippen LogP contribution in [0.15, 0.2) is 42.5 Å². The van der Waals surface area contributed by atoms with E-state index in [0.29, 0.717) is 10.8 Å². The van der Waals surface area contributed by atoms with Crippen molar-refractivity contribution in [3.05, 3.63) is 64.2 Å². The molecule has 0 saturated heterocycles. The molecule has 0 radical (unpaired) electrons. The standard InChI is InChI=1S/C24H31ClN2O3/c1-16-11-12-17(2)21(13-16)30-15-22(28)27(14-19-9-7-8-10-20(19)25)18(3)23(29)26-24(4,5)6/h7-13,18H,14-15H2,1-6H3,(H,26,29)/t18-/m0/s1. The summed E-state index contributed by atoms with van der Waals surface area (Å²) in [6, 6.07) is 12.5. The highest BCUT2D eigenvalue weighted by Gasteiger charge is 2.29. The highest BCUT2D eigenvalue weighted by molar-refractivity contribution is 6.31. The Hall–Kier alpha value is -2.53. The number of nitrogens with one attached hydrogen (secondary N) is 1. The van der Waals surface area contributed by atoms with Gasteiger partial charge in [0, 0.05) is 17.1 Å². The van der Waals surface area contributed by atoms with Crippen LogP contribution in [0.2, 0.25) is 5.02 Å². The molecule has 6 heteroatoms. The van der Waals surface area contributed by atoms with Gasteiger partial charge in [-0.15, -0.1) is 0 Å². The molecule has 0 aliphatic carbocycles. The van der Waals surface area contributed by atoms with Crippen LogP contribution in [-0.4, -0.2) is 34.9 Å².